The van der Waals surface area contributed by atoms with Gasteiger partial charge in [-0.05, 0) is 30.4 Å². The van der Waals surface area contributed by atoms with Crippen LogP contribution in [0.5, 0.6) is 0 Å². The molecule has 0 bridgehead atoms. The highest BCUT2D eigenvalue weighted by Crippen LogP contribution is 2.32. The molecule has 0 saturated carbocycles. The number of nitro groups is 1. The van der Waals surface area contributed by atoms with Crippen LogP contribution in [0, 0.1) is 22.0 Å². The Morgan fingerprint density at radius 2 is 1.86 bits per heavy atom. The number of nitrogen functional groups attached to an aromatic ring is 1. The van der Waals surface area contributed by atoms with Gasteiger partial charge in [-0.25, -0.2) is 8.42 Å². The van der Waals surface area contributed by atoms with Crippen molar-refractivity contribution in [2.75, 3.05) is 18.8 Å². The summed E-state index contributed by atoms with van der Waals surface area (Å²) in [7, 11) is -3.88. The quantitative estimate of drug-likeness (QED) is 0.520. The predicted octanol–water partition coefficient (Wildman–Crippen LogP) is 1.84. The molecule has 8 heteroatoms. The lowest BCUT2D eigenvalue weighted by Crippen LogP contribution is -2.42. The second-order valence-electron chi connectivity index (χ2n) is 5.75. The Morgan fingerprint density at radius 3 is 2.38 bits per heavy atom. The van der Waals surface area contributed by atoms with Crippen LogP contribution in [0.3, 0.4) is 0 Å². The molecule has 0 aromatic heterocycles. The molecular formula is C13H19N3O4S. The van der Waals surface area contributed by atoms with Gasteiger partial charge in [0.15, 0.2) is 4.90 Å². The molecule has 21 heavy (non-hydrogen) atoms. The van der Waals surface area contributed by atoms with Crippen LogP contribution >= 0.6 is 0 Å². The largest absolute Gasteiger partial charge is 0.399 e. The van der Waals surface area contributed by atoms with Crippen LogP contribution in [0.2, 0.25) is 0 Å². The Balaban J connectivity index is 2.47. The Morgan fingerprint density at radius 1 is 1.29 bits per heavy atom. The Bertz CT molecular complexity index is 649. The fraction of sp³-hybridized carbons (Fsp3) is 0.538. The maximum absolute atomic E-state index is 12.7. The summed E-state index contributed by atoms with van der Waals surface area (Å²) in [5.41, 5.74) is 5.21. The van der Waals surface area contributed by atoms with E-state index in [9.17, 15) is 18.5 Å². The molecule has 2 atom stereocenters. The first kappa shape index (κ1) is 15.7. The minimum Gasteiger partial charge on any atom is -0.399 e. The van der Waals surface area contributed by atoms with Crippen molar-refractivity contribution in [1.29, 1.82) is 0 Å². The monoisotopic (exact) mass is 313 g/mol. The summed E-state index contributed by atoms with van der Waals surface area (Å²) in [4.78, 5) is 10.1. The molecule has 0 radical (unpaired) electrons. The molecule has 0 spiro atoms. The molecule has 0 aliphatic carbocycles. The average molecular weight is 313 g/mol. The zero-order valence-corrected chi connectivity index (χ0v) is 12.8. The van der Waals surface area contributed by atoms with Crippen molar-refractivity contribution in [2.45, 2.75) is 25.2 Å². The predicted molar refractivity (Wildman–Crippen MR) is 79.2 cm³/mol. The lowest BCUT2D eigenvalue weighted by molar-refractivity contribution is -0.387. The minimum absolute atomic E-state index is 0.168. The van der Waals surface area contributed by atoms with Gasteiger partial charge >= 0.3 is 0 Å². The molecule has 1 fully saturated rings. The van der Waals surface area contributed by atoms with E-state index in [2.05, 4.69) is 0 Å². The molecule has 7 nitrogen and oxygen atoms in total. The van der Waals surface area contributed by atoms with Gasteiger partial charge in [0, 0.05) is 24.8 Å². The smallest absolute Gasteiger partial charge is 0.291 e. The van der Waals surface area contributed by atoms with E-state index in [-0.39, 0.29) is 22.4 Å². The van der Waals surface area contributed by atoms with E-state index in [1.165, 1.54) is 16.4 Å². The van der Waals surface area contributed by atoms with Gasteiger partial charge in [0.2, 0.25) is 10.0 Å². The van der Waals surface area contributed by atoms with Gasteiger partial charge < -0.3 is 5.73 Å². The summed E-state index contributed by atoms with van der Waals surface area (Å²) in [6.07, 6.45) is 0.954. The van der Waals surface area contributed by atoms with Crippen LogP contribution < -0.4 is 5.73 Å². The van der Waals surface area contributed by atoms with Gasteiger partial charge in [-0.2, -0.15) is 4.31 Å². The second-order valence-corrected chi connectivity index (χ2v) is 7.66. The summed E-state index contributed by atoms with van der Waals surface area (Å²) in [5, 5.41) is 11.1. The highest BCUT2D eigenvalue weighted by atomic mass is 32.2. The highest BCUT2D eigenvalue weighted by molar-refractivity contribution is 7.89. The van der Waals surface area contributed by atoms with E-state index in [1.54, 1.807) is 0 Å². The topological polar surface area (TPSA) is 107 Å². The summed E-state index contributed by atoms with van der Waals surface area (Å²) in [5.74, 6) is 0.465. The number of nitrogens with zero attached hydrogens (tertiary/aromatic N) is 2. The van der Waals surface area contributed by atoms with Crippen molar-refractivity contribution in [3.8, 4) is 0 Å². The highest BCUT2D eigenvalue weighted by Gasteiger charge is 2.35. The molecular weight excluding hydrogens is 294 g/mol. The summed E-state index contributed by atoms with van der Waals surface area (Å²) in [6, 6.07) is 3.67. The molecule has 1 saturated heterocycles. The van der Waals surface area contributed by atoms with Crippen LogP contribution in [0.4, 0.5) is 11.4 Å². The van der Waals surface area contributed by atoms with Gasteiger partial charge in [0.1, 0.15) is 0 Å². The van der Waals surface area contributed by atoms with Crippen LogP contribution in [-0.2, 0) is 10.0 Å². The number of benzene rings is 1. The third-order valence-corrected chi connectivity index (χ3v) is 5.51. The number of nitro benzene ring substituents is 1. The molecule has 2 unspecified atom stereocenters. The Labute approximate surface area is 123 Å². The van der Waals surface area contributed by atoms with Gasteiger partial charge in [-0.1, -0.05) is 13.8 Å². The lowest BCUT2D eigenvalue weighted by Gasteiger charge is -2.33. The van der Waals surface area contributed by atoms with Crippen LogP contribution in [0.15, 0.2) is 23.1 Å². The van der Waals surface area contributed by atoms with Crippen LogP contribution in [0.1, 0.15) is 20.3 Å². The number of hydrogen-bond donors (Lipinski definition) is 1. The van der Waals surface area contributed by atoms with E-state index >= 15 is 0 Å². The second kappa shape index (κ2) is 5.61. The fourth-order valence-corrected chi connectivity index (χ4v) is 4.65. The van der Waals surface area contributed by atoms with Gasteiger partial charge in [0.25, 0.3) is 5.69 Å². The molecule has 2 N–H and O–H groups in total. The first-order valence-corrected chi connectivity index (χ1v) is 8.20. The first-order chi connectivity index (χ1) is 9.71. The van der Waals surface area contributed by atoms with Gasteiger partial charge in [0.05, 0.1) is 4.92 Å². The summed E-state index contributed by atoms with van der Waals surface area (Å²) in [6.45, 7) is 4.73. The molecule has 2 rings (SSSR count). The molecule has 116 valence electrons. The number of anilines is 1. The maximum atomic E-state index is 12.7. The van der Waals surface area contributed by atoms with Crippen molar-refractivity contribution in [2.24, 2.45) is 11.8 Å². The first-order valence-electron chi connectivity index (χ1n) is 6.76. The molecule has 1 aliphatic rings. The number of hydrogen-bond acceptors (Lipinski definition) is 5. The average Bonchev–Trinajstić information content (AvgIpc) is 2.37. The van der Waals surface area contributed by atoms with Crippen molar-refractivity contribution in [1.82, 2.24) is 4.31 Å². The van der Waals surface area contributed by atoms with Crippen molar-refractivity contribution in [3.05, 3.63) is 28.3 Å². The lowest BCUT2D eigenvalue weighted by atomic mass is 9.94. The normalized spacial score (nSPS) is 23.9. The molecule has 1 aromatic carbocycles. The van der Waals surface area contributed by atoms with E-state index in [1.807, 2.05) is 13.8 Å². The van der Waals surface area contributed by atoms with Crippen molar-refractivity contribution >= 4 is 21.4 Å². The molecule has 0 amide bonds. The SMILES string of the molecule is CC1CC(C)CN(S(=O)(=O)c2ccc(N)cc2[N+](=O)[O-])C1. The van der Waals surface area contributed by atoms with Crippen LogP contribution in [0.25, 0.3) is 0 Å². The molecule has 1 heterocycles. The van der Waals surface area contributed by atoms with E-state index < -0.39 is 20.6 Å². The van der Waals surface area contributed by atoms with E-state index in [0.29, 0.717) is 13.1 Å². The third-order valence-electron chi connectivity index (χ3n) is 3.63. The minimum atomic E-state index is -3.88. The number of rotatable bonds is 3. The summed E-state index contributed by atoms with van der Waals surface area (Å²) < 4.78 is 26.7. The van der Waals surface area contributed by atoms with E-state index in [4.69, 9.17) is 5.73 Å². The number of piperidine rings is 1. The fourth-order valence-electron chi connectivity index (χ4n) is 2.84. The van der Waals surface area contributed by atoms with Crippen molar-refractivity contribution < 1.29 is 13.3 Å². The van der Waals surface area contributed by atoms with Gasteiger partial charge in [-0.15, -0.1) is 0 Å². The number of nitrogens with two attached hydrogens (primary N) is 1. The maximum Gasteiger partial charge on any atom is 0.291 e. The van der Waals surface area contributed by atoms with E-state index in [0.717, 1.165) is 12.5 Å². The zero-order valence-electron chi connectivity index (χ0n) is 12.0. The zero-order chi connectivity index (χ0) is 15.8. The molecule has 1 aromatic rings. The Kier molecular flexibility index (Phi) is 4.20. The third kappa shape index (κ3) is 3.16. The van der Waals surface area contributed by atoms with Crippen LogP contribution in [-0.4, -0.2) is 30.7 Å². The van der Waals surface area contributed by atoms with Gasteiger partial charge in [-0.3, -0.25) is 10.1 Å². The molecule has 1 aliphatic heterocycles. The van der Waals surface area contributed by atoms with Crippen molar-refractivity contribution in [3.63, 3.8) is 0 Å². The Hall–Kier alpha value is -1.67. The number of sulfonamides is 1. The standard InChI is InChI=1S/C13H19N3O4S/c1-9-5-10(2)8-15(7-9)21(19,20)13-4-3-11(14)6-12(13)16(17)18/h3-4,6,9-10H,5,7-8,14H2,1-2H3. The summed E-state index contributed by atoms with van der Waals surface area (Å²) >= 11 is 0.